The molecule has 2 aliphatic rings. The monoisotopic (exact) mass is 273 g/mol. The van der Waals surface area contributed by atoms with E-state index in [1.54, 1.807) is 0 Å². The van der Waals surface area contributed by atoms with E-state index in [1.165, 1.54) is 11.3 Å². The Kier molecular flexibility index (Phi) is 3.66. The van der Waals surface area contributed by atoms with Crippen LogP contribution >= 0.6 is 0 Å². The van der Waals surface area contributed by atoms with Gasteiger partial charge in [-0.3, -0.25) is 4.79 Å². The van der Waals surface area contributed by atoms with Gasteiger partial charge in [-0.25, -0.2) is 0 Å². The van der Waals surface area contributed by atoms with Crippen LogP contribution in [0.5, 0.6) is 0 Å². The molecule has 0 bridgehead atoms. The first kappa shape index (κ1) is 13.4. The predicted molar refractivity (Wildman–Crippen MR) is 80.6 cm³/mol. The first-order chi connectivity index (χ1) is 9.70. The summed E-state index contributed by atoms with van der Waals surface area (Å²) in [6.45, 7) is 4.82. The number of piperazine rings is 1. The second-order valence-electron chi connectivity index (χ2n) is 5.80. The van der Waals surface area contributed by atoms with Crippen molar-refractivity contribution in [3.8, 4) is 0 Å². The average molecular weight is 273 g/mol. The van der Waals surface area contributed by atoms with Crippen molar-refractivity contribution >= 4 is 11.6 Å². The molecule has 2 atom stereocenters. The molecule has 1 unspecified atom stereocenters. The zero-order valence-corrected chi connectivity index (χ0v) is 12.1. The van der Waals surface area contributed by atoms with Crippen molar-refractivity contribution in [3.05, 3.63) is 29.8 Å². The molecule has 20 heavy (non-hydrogen) atoms. The molecule has 1 aromatic carbocycles. The van der Waals surface area contributed by atoms with Crippen LogP contribution in [-0.4, -0.2) is 36.5 Å². The Morgan fingerprint density at radius 1 is 1.35 bits per heavy atom. The molecule has 2 heterocycles. The summed E-state index contributed by atoms with van der Waals surface area (Å²) >= 11 is 0. The van der Waals surface area contributed by atoms with Crippen LogP contribution in [0.4, 0.5) is 5.69 Å². The van der Waals surface area contributed by atoms with Gasteiger partial charge in [0.05, 0.1) is 0 Å². The van der Waals surface area contributed by atoms with Gasteiger partial charge in [-0.15, -0.1) is 0 Å². The summed E-state index contributed by atoms with van der Waals surface area (Å²) in [4.78, 5) is 16.2. The number of carbonyl (C=O) groups is 1. The van der Waals surface area contributed by atoms with Crippen molar-refractivity contribution in [2.24, 2.45) is 5.73 Å². The summed E-state index contributed by atoms with van der Waals surface area (Å²) < 4.78 is 0. The number of rotatable bonds is 3. The number of anilines is 1. The molecule has 2 saturated heterocycles. The molecule has 1 aromatic rings. The number of fused-ring (bicyclic) bond motifs is 1. The van der Waals surface area contributed by atoms with Gasteiger partial charge >= 0.3 is 0 Å². The molecule has 3 rings (SSSR count). The van der Waals surface area contributed by atoms with Crippen molar-refractivity contribution in [1.82, 2.24) is 4.90 Å². The van der Waals surface area contributed by atoms with Crippen LogP contribution in [0.25, 0.3) is 0 Å². The summed E-state index contributed by atoms with van der Waals surface area (Å²) in [5.41, 5.74) is 8.72. The van der Waals surface area contributed by atoms with Crippen LogP contribution in [-0.2, 0) is 4.79 Å². The Labute approximate surface area is 120 Å². The van der Waals surface area contributed by atoms with Gasteiger partial charge in [0.1, 0.15) is 0 Å². The number of amides is 1. The summed E-state index contributed by atoms with van der Waals surface area (Å²) in [6.07, 6.45) is 2.66. The first-order valence-electron chi connectivity index (χ1n) is 7.59. The fourth-order valence-corrected chi connectivity index (χ4v) is 3.39. The molecule has 0 aliphatic carbocycles. The van der Waals surface area contributed by atoms with E-state index < -0.39 is 0 Å². The SMILES string of the molecule is CC[C@@H](N)c1ccccc1N1CCN2C(=O)CCC2C1. The summed E-state index contributed by atoms with van der Waals surface area (Å²) in [5.74, 6) is 0.327. The maximum absolute atomic E-state index is 11.8. The van der Waals surface area contributed by atoms with Gasteiger partial charge in [0.15, 0.2) is 0 Å². The van der Waals surface area contributed by atoms with Gasteiger partial charge < -0.3 is 15.5 Å². The molecule has 0 radical (unpaired) electrons. The number of nitrogens with two attached hydrogens (primary N) is 1. The molecule has 2 N–H and O–H groups in total. The lowest BCUT2D eigenvalue weighted by Gasteiger charge is -2.40. The van der Waals surface area contributed by atoms with Crippen molar-refractivity contribution < 1.29 is 4.79 Å². The minimum absolute atomic E-state index is 0.0921. The van der Waals surface area contributed by atoms with E-state index in [-0.39, 0.29) is 6.04 Å². The highest BCUT2D eigenvalue weighted by Crippen LogP contribution is 2.31. The van der Waals surface area contributed by atoms with Crippen molar-refractivity contribution in [2.45, 2.75) is 38.3 Å². The second-order valence-corrected chi connectivity index (χ2v) is 5.80. The third-order valence-electron chi connectivity index (χ3n) is 4.61. The maximum Gasteiger partial charge on any atom is 0.223 e. The second kappa shape index (κ2) is 5.44. The van der Waals surface area contributed by atoms with E-state index in [9.17, 15) is 4.79 Å². The van der Waals surface area contributed by atoms with Gasteiger partial charge in [-0.2, -0.15) is 0 Å². The lowest BCUT2D eigenvalue weighted by molar-refractivity contribution is -0.129. The number of hydrogen-bond acceptors (Lipinski definition) is 3. The number of nitrogens with zero attached hydrogens (tertiary/aromatic N) is 2. The summed E-state index contributed by atoms with van der Waals surface area (Å²) in [6, 6.07) is 8.92. The molecule has 0 aromatic heterocycles. The van der Waals surface area contributed by atoms with Gasteiger partial charge in [-0.1, -0.05) is 25.1 Å². The van der Waals surface area contributed by atoms with Crippen LogP contribution in [0.2, 0.25) is 0 Å². The quantitative estimate of drug-likeness (QED) is 0.915. The molecular weight excluding hydrogens is 250 g/mol. The minimum Gasteiger partial charge on any atom is -0.367 e. The van der Waals surface area contributed by atoms with Gasteiger partial charge in [-0.05, 0) is 24.5 Å². The molecule has 2 aliphatic heterocycles. The molecule has 0 spiro atoms. The minimum atomic E-state index is 0.0921. The fourth-order valence-electron chi connectivity index (χ4n) is 3.39. The van der Waals surface area contributed by atoms with Crippen molar-refractivity contribution in [1.29, 1.82) is 0 Å². The third-order valence-corrected chi connectivity index (χ3v) is 4.61. The maximum atomic E-state index is 11.8. The lowest BCUT2D eigenvalue weighted by Crippen LogP contribution is -2.51. The number of benzene rings is 1. The van der Waals surface area contributed by atoms with E-state index >= 15 is 0 Å². The molecular formula is C16H23N3O. The van der Waals surface area contributed by atoms with E-state index in [0.29, 0.717) is 18.4 Å². The van der Waals surface area contributed by atoms with E-state index in [2.05, 4.69) is 41.0 Å². The molecule has 0 saturated carbocycles. The topological polar surface area (TPSA) is 49.6 Å². The molecule has 108 valence electrons. The molecule has 1 amide bonds. The normalized spacial score (nSPS) is 23.9. The highest BCUT2D eigenvalue weighted by Gasteiger charge is 2.35. The lowest BCUT2D eigenvalue weighted by atomic mass is 10.0. The Morgan fingerprint density at radius 3 is 2.95 bits per heavy atom. The fraction of sp³-hybridized carbons (Fsp3) is 0.562. The predicted octanol–water partition coefficient (Wildman–Crippen LogP) is 1.91. The zero-order chi connectivity index (χ0) is 14.1. The van der Waals surface area contributed by atoms with Crippen LogP contribution < -0.4 is 10.6 Å². The Morgan fingerprint density at radius 2 is 2.15 bits per heavy atom. The summed E-state index contributed by atoms with van der Waals surface area (Å²) in [7, 11) is 0. The molecule has 4 heteroatoms. The number of para-hydroxylation sites is 1. The van der Waals surface area contributed by atoms with Crippen LogP contribution in [0.1, 0.15) is 37.8 Å². The molecule has 4 nitrogen and oxygen atoms in total. The van der Waals surface area contributed by atoms with Crippen molar-refractivity contribution in [3.63, 3.8) is 0 Å². The Bertz CT molecular complexity index is 502. The van der Waals surface area contributed by atoms with Crippen molar-refractivity contribution in [2.75, 3.05) is 24.5 Å². The first-order valence-corrected chi connectivity index (χ1v) is 7.59. The van der Waals surface area contributed by atoms with E-state index in [1.807, 2.05) is 0 Å². The highest BCUT2D eigenvalue weighted by molar-refractivity contribution is 5.79. The smallest absolute Gasteiger partial charge is 0.223 e. The van der Waals surface area contributed by atoms with Crippen LogP contribution in [0.3, 0.4) is 0 Å². The van der Waals surface area contributed by atoms with Crippen LogP contribution in [0, 0.1) is 0 Å². The van der Waals surface area contributed by atoms with Gasteiger partial charge in [0.2, 0.25) is 5.91 Å². The van der Waals surface area contributed by atoms with Gasteiger partial charge in [0.25, 0.3) is 0 Å². The van der Waals surface area contributed by atoms with E-state index in [4.69, 9.17) is 5.73 Å². The summed E-state index contributed by atoms with van der Waals surface area (Å²) in [5, 5.41) is 0. The number of carbonyl (C=O) groups excluding carboxylic acids is 1. The molecule has 2 fully saturated rings. The largest absolute Gasteiger partial charge is 0.367 e. The Balaban J connectivity index is 1.82. The number of hydrogen-bond donors (Lipinski definition) is 1. The van der Waals surface area contributed by atoms with Gasteiger partial charge in [0, 0.05) is 43.8 Å². The third kappa shape index (κ3) is 2.29. The highest BCUT2D eigenvalue weighted by atomic mass is 16.2. The van der Waals surface area contributed by atoms with Crippen LogP contribution in [0.15, 0.2) is 24.3 Å². The van der Waals surface area contributed by atoms with E-state index in [0.717, 1.165) is 32.5 Å². The zero-order valence-electron chi connectivity index (χ0n) is 12.1. The average Bonchev–Trinajstić information content (AvgIpc) is 2.87. The standard InChI is InChI=1S/C16H23N3O/c1-2-14(17)13-5-3-4-6-15(13)18-9-10-19-12(11-18)7-8-16(19)20/h3-6,12,14H,2,7-11,17H2,1H3/t12?,14-/m1/s1. The Hall–Kier alpha value is -1.55.